The molecule has 7 nitrogen and oxygen atoms in total. The Kier molecular flexibility index (Phi) is 8.31. The minimum atomic E-state index is -3.89. The molecule has 0 saturated carbocycles. The molecule has 0 bridgehead atoms. The van der Waals surface area contributed by atoms with Gasteiger partial charge in [0.25, 0.3) is 0 Å². The van der Waals surface area contributed by atoms with Crippen LogP contribution in [0.1, 0.15) is 22.3 Å². The van der Waals surface area contributed by atoms with Gasteiger partial charge in [-0.1, -0.05) is 53.6 Å². The average molecular weight is 483 g/mol. The number of benzene rings is 3. The molecule has 0 saturated heterocycles. The summed E-state index contributed by atoms with van der Waals surface area (Å²) < 4.78 is 38.6. The third kappa shape index (κ3) is 6.36. The average Bonchev–Trinajstić information content (AvgIpc) is 2.82. The maximum absolute atomic E-state index is 13.4. The highest BCUT2D eigenvalue weighted by Crippen LogP contribution is 2.27. The fourth-order valence-electron chi connectivity index (χ4n) is 3.51. The monoisotopic (exact) mass is 482 g/mol. The molecule has 1 N–H and O–H groups in total. The van der Waals surface area contributed by atoms with Crippen LogP contribution in [0.25, 0.3) is 0 Å². The third-order valence-electron chi connectivity index (χ3n) is 5.36. The number of nitrogens with one attached hydrogen (secondary N) is 1. The lowest BCUT2D eigenvalue weighted by Crippen LogP contribution is -2.40. The smallest absolute Gasteiger partial charge is 0.243 e. The summed E-state index contributed by atoms with van der Waals surface area (Å²) in [5.74, 6) is 0.737. The van der Waals surface area contributed by atoms with Gasteiger partial charge in [-0.3, -0.25) is 4.79 Å². The molecule has 0 atom stereocenters. The zero-order valence-electron chi connectivity index (χ0n) is 19.9. The Morgan fingerprint density at radius 2 is 1.56 bits per heavy atom. The highest BCUT2D eigenvalue weighted by molar-refractivity contribution is 7.89. The molecule has 0 spiro atoms. The second-order valence-corrected chi connectivity index (χ2v) is 9.98. The van der Waals surface area contributed by atoms with Crippen molar-refractivity contribution in [1.29, 1.82) is 0 Å². The zero-order chi connectivity index (χ0) is 24.7. The van der Waals surface area contributed by atoms with Crippen LogP contribution < -0.4 is 14.8 Å². The second kappa shape index (κ2) is 11.2. The zero-order valence-corrected chi connectivity index (χ0v) is 20.7. The number of rotatable bonds is 10. The predicted octanol–water partition coefficient (Wildman–Crippen LogP) is 3.83. The van der Waals surface area contributed by atoms with Crippen LogP contribution in [0.5, 0.6) is 11.5 Å². The molecule has 0 fully saturated rings. The molecule has 8 heteroatoms. The van der Waals surface area contributed by atoms with Crippen LogP contribution in [-0.2, 0) is 27.9 Å². The van der Waals surface area contributed by atoms with Crippen molar-refractivity contribution in [2.75, 3.05) is 20.8 Å². The number of sulfonamides is 1. The predicted molar refractivity (Wildman–Crippen MR) is 131 cm³/mol. The topological polar surface area (TPSA) is 84.9 Å². The minimum absolute atomic E-state index is 0.0850. The van der Waals surface area contributed by atoms with Gasteiger partial charge in [0.15, 0.2) is 11.5 Å². The molecule has 34 heavy (non-hydrogen) atoms. The van der Waals surface area contributed by atoms with E-state index in [1.165, 1.54) is 4.31 Å². The summed E-state index contributed by atoms with van der Waals surface area (Å²) in [7, 11) is -0.797. The molecule has 1 amide bonds. The molecule has 180 valence electrons. The Hall–Kier alpha value is -3.36. The van der Waals surface area contributed by atoms with Gasteiger partial charge >= 0.3 is 0 Å². The summed E-state index contributed by atoms with van der Waals surface area (Å²) in [4.78, 5) is 13.0. The number of carbonyl (C=O) groups excluding carboxylic acids is 1. The van der Waals surface area contributed by atoms with Gasteiger partial charge in [-0.05, 0) is 49.2 Å². The van der Waals surface area contributed by atoms with Crippen LogP contribution in [0.15, 0.2) is 71.6 Å². The number of hydrogen-bond donors (Lipinski definition) is 1. The van der Waals surface area contributed by atoms with Crippen LogP contribution in [0.4, 0.5) is 0 Å². The number of nitrogens with zero attached hydrogens (tertiary/aromatic N) is 1. The van der Waals surface area contributed by atoms with E-state index in [-0.39, 0.29) is 24.5 Å². The van der Waals surface area contributed by atoms with E-state index in [0.29, 0.717) is 11.5 Å². The normalized spacial score (nSPS) is 11.3. The molecule has 3 aromatic carbocycles. The van der Waals surface area contributed by atoms with E-state index < -0.39 is 15.9 Å². The van der Waals surface area contributed by atoms with E-state index in [9.17, 15) is 13.2 Å². The summed E-state index contributed by atoms with van der Waals surface area (Å²) in [5.41, 5.74) is 3.58. The molecule has 3 rings (SSSR count). The van der Waals surface area contributed by atoms with Crippen LogP contribution in [0.2, 0.25) is 0 Å². The van der Waals surface area contributed by atoms with Gasteiger partial charge < -0.3 is 14.8 Å². The standard InChI is InChI=1S/C26H30N2O5S/c1-19-8-11-23(12-9-19)34(30,31)28(17-22-7-5-6-20(2)14-22)18-26(29)27-16-21-10-13-24(32-3)25(15-21)33-4/h5-15H,16-18H2,1-4H3,(H,27,29). The van der Waals surface area contributed by atoms with Gasteiger partial charge in [-0.25, -0.2) is 8.42 Å². The molecule has 0 aromatic heterocycles. The summed E-state index contributed by atoms with van der Waals surface area (Å²) in [6, 6.07) is 19.5. The number of ether oxygens (including phenoxy) is 2. The first-order valence-corrected chi connectivity index (χ1v) is 12.3. The van der Waals surface area contributed by atoms with Crippen molar-refractivity contribution < 1.29 is 22.7 Å². The molecule has 0 aliphatic heterocycles. The van der Waals surface area contributed by atoms with Crippen molar-refractivity contribution in [3.05, 3.63) is 89.0 Å². The first-order valence-electron chi connectivity index (χ1n) is 10.8. The first-order chi connectivity index (χ1) is 16.2. The van der Waals surface area contributed by atoms with Gasteiger partial charge in [-0.2, -0.15) is 4.31 Å². The Balaban J connectivity index is 1.79. The van der Waals surface area contributed by atoms with Gasteiger partial charge in [0.05, 0.1) is 25.7 Å². The summed E-state index contributed by atoms with van der Waals surface area (Å²) in [5, 5.41) is 2.81. The van der Waals surface area contributed by atoms with E-state index in [1.54, 1.807) is 50.6 Å². The number of aryl methyl sites for hydroxylation is 2. The molecule has 3 aromatic rings. The highest BCUT2D eigenvalue weighted by atomic mass is 32.2. The van der Waals surface area contributed by atoms with Crippen LogP contribution in [0, 0.1) is 13.8 Å². The minimum Gasteiger partial charge on any atom is -0.493 e. The van der Waals surface area contributed by atoms with Crippen molar-refractivity contribution in [3.8, 4) is 11.5 Å². The van der Waals surface area contributed by atoms with Crippen LogP contribution in [-0.4, -0.2) is 39.4 Å². The number of methoxy groups -OCH3 is 2. The lowest BCUT2D eigenvalue weighted by Gasteiger charge is -2.22. The van der Waals surface area contributed by atoms with E-state index in [0.717, 1.165) is 22.3 Å². The fraction of sp³-hybridized carbons (Fsp3) is 0.269. The van der Waals surface area contributed by atoms with Crippen molar-refractivity contribution in [2.45, 2.75) is 31.8 Å². The second-order valence-electron chi connectivity index (χ2n) is 8.04. The van der Waals surface area contributed by atoms with Gasteiger partial charge in [0.2, 0.25) is 15.9 Å². The molecule has 0 radical (unpaired) electrons. The van der Waals surface area contributed by atoms with E-state index >= 15 is 0 Å². The van der Waals surface area contributed by atoms with Crippen molar-refractivity contribution in [2.24, 2.45) is 0 Å². The van der Waals surface area contributed by atoms with Crippen molar-refractivity contribution in [1.82, 2.24) is 9.62 Å². The van der Waals surface area contributed by atoms with Crippen LogP contribution in [0.3, 0.4) is 0 Å². The van der Waals surface area contributed by atoms with E-state index in [4.69, 9.17) is 9.47 Å². The highest BCUT2D eigenvalue weighted by Gasteiger charge is 2.27. The SMILES string of the molecule is COc1ccc(CNC(=O)CN(Cc2cccc(C)c2)S(=O)(=O)c2ccc(C)cc2)cc1OC. The Bertz CT molecular complexity index is 1240. The van der Waals surface area contributed by atoms with Crippen LogP contribution >= 0.6 is 0 Å². The Labute approximate surface area is 201 Å². The number of carbonyl (C=O) groups is 1. The molecule has 0 aliphatic carbocycles. The first kappa shape index (κ1) is 25.3. The van der Waals surface area contributed by atoms with E-state index in [1.807, 2.05) is 44.2 Å². The lowest BCUT2D eigenvalue weighted by atomic mass is 10.1. The van der Waals surface area contributed by atoms with Gasteiger partial charge in [0.1, 0.15) is 0 Å². The summed E-state index contributed by atoms with van der Waals surface area (Å²) in [6.45, 7) is 3.84. The fourth-order valence-corrected chi connectivity index (χ4v) is 4.89. The molecular weight excluding hydrogens is 452 g/mol. The van der Waals surface area contributed by atoms with E-state index in [2.05, 4.69) is 5.32 Å². The molecule has 0 heterocycles. The van der Waals surface area contributed by atoms with Crippen molar-refractivity contribution >= 4 is 15.9 Å². The molecule has 0 unspecified atom stereocenters. The quantitative estimate of drug-likeness (QED) is 0.475. The van der Waals surface area contributed by atoms with Gasteiger partial charge in [0, 0.05) is 13.1 Å². The van der Waals surface area contributed by atoms with Crippen molar-refractivity contribution in [3.63, 3.8) is 0 Å². The number of amides is 1. The largest absolute Gasteiger partial charge is 0.493 e. The molecular formula is C26H30N2O5S. The Morgan fingerprint density at radius 1 is 0.853 bits per heavy atom. The maximum atomic E-state index is 13.4. The summed E-state index contributed by atoms with van der Waals surface area (Å²) >= 11 is 0. The molecule has 0 aliphatic rings. The van der Waals surface area contributed by atoms with Gasteiger partial charge in [-0.15, -0.1) is 0 Å². The maximum Gasteiger partial charge on any atom is 0.243 e. The number of hydrogen-bond acceptors (Lipinski definition) is 5. The third-order valence-corrected chi connectivity index (χ3v) is 7.16. The summed E-state index contributed by atoms with van der Waals surface area (Å²) in [6.07, 6.45) is 0. The Morgan fingerprint density at radius 3 is 2.21 bits per heavy atom. The lowest BCUT2D eigenvalue weighted by molar-refractivity contribution is -0.121.